The minimum absolute atomic E-state index is 0.368. The Bertz CT molecular complexity index is 567. The second-order valence-electron chi connectivity index (χ2n) is 4.36. The molecular formula is C12H18N2O4S. The van der Waals surface area contributed by atoms with E-state index in [4.69, 9.17) is 10.5 Å². The highest BCUT2D eigenvalue weighted by atomic mass is 32.2. The first kappa shape index (κ1) is 15.3. The van der Waals surface area contributed by atoms with Crippen LogP contribution in [-0.4, -0.2) is 32.4 Å². The first-order valence-corrected chi connectivity index (χ1v) is 7.42. The van der Waals surface area contributed by atoms with Crippen LogP contribution in [0.25, 0.3) is 0 Å². The van der Waals surface area contributed by atoms with E-state index in [-0.39, 0.29) is 0 Å². The topological polar surface area (TPSA) is 98.5 Å². The highest BCUT2D eigenvalue weighted by Crippen LogP contribution is 2.24. The summed E-state index contributed by atoms with van der Waals surface area (Å²) in [4.78, 5) is 11.6. The van der Waals surface area contributed by atoms with E-state index in [1.165, 1.54) is 27.0 Å². The van der Waals surface area contributed by atoms with Gasteiger partial charge < -0.3 is 15.8 Å². The minimum Gasteiger partial charge on any atom is -0.495 e. The fourth-order valence-electron chi connectivity index (χ4n) is 1.36. The summed E-state index contributed by atoms with van der Waals surface area (Å²) in [6, 6.07) is 4.70. The second-order valence-corrected chi connectivity index (χ2v) is 6.92. The molecule has 0 aliphatic rings. The number of nitrogens with one attached hydrogen (secondary N) is 1. The molecule has 0 fully saturated rings. The molecule has 1 amide bonds. The monoisotopic (exact) mass is 286 g/mol. The molecule has 0 aliphatic carbocycles. The predicted octanol–water partition coefficient (Wildman–Crippen LogP) is 1.04. The van der Waals surface area contributed by atoms with Gasteiger partial charge in [-0.3, -0.25) is 4.79 Å². The summed E-state index contributed by atoms with van der Waals surface area (Å²) in [5.41, 5.74) is 6.49. The number of sulfone groups is 1. The van der Waals surface area contributed by atoms with Crippen molar-refractivity contribution in [3.63, 3.8) is 0 Å². The zero-order chi connectivity index (χ0) is 14.6. The van der Waals surface area contributed by atoms with Crippen molar-refractivity contribution in [2.24, 2.45) is 0 Å². The van der Waals surface area contributed by atoms with Crippen LogP contribution in [0.4, 0.5) is 11.4 Å². The minimum atomic E-state index is -3.41. The summed E-state index contributed by atoms with van der Waals surface area (Å²) >= 11 is 0. The van der Waals surface area contributed by atoms with Crippen LogP contribution in [0.15, 0.2) is 18.2 Å². The van der Waals surface area contributed by atoms with E-state index in [9.17, 15) is 13.2 Å². The van der Waals surface area contributed by atoms with Crippen LogP contribution in [-0.2, 0) is 14.6 Å². The van der Waals surface area contributed by atoms with Crippen molar-refractivity contribution in [3.05, 3.63) is 18.2 Å². The summed E-state index contributed by atoms with van der Waals surface area (Å²) in [6.07, 6.45) is 0. The van der Waals surface area contributed by atoms with Crippen LogP contribution in [0.3, 0.4) is 0 Å². The molecule has 1 aromatic carbocycles. The summed E-state index contributed by atoms with van der Waals surface area (Å²) in [6.45, 7) is 3.07. The van der Waals surface area contributed by atoms with Crippen molar-refractivity contribution < 1.29 is 17.9 Å². The number of rotatable bonds is 5. The quantitative estimate of drug-likeness (QED) is 0.788. The number of methoxy groups -OCH3 is 1. The lowest BCUT2D eigenvalue weighted by molar-refractivity contribution is -0.113. The highest BCUT2D eigenvalue weighted by Gasteiger charge is 2.20. The lowest BCUT2D eigenvalue weighted by atomic mass is 10.2. The van der Waals surface area contributed by atoms with E-state index < -0.39 is 26.7 Å². The lowest BCUT2D eigenvalue weighted by Gasteiger charge is -2.10. The van der Waals surface area contributed by atoms with Crippen LogP contribution in [0, 0.1) is 0 Å². The molecule has 0 atom stereocenters. The molecule has 0 saturated heterocycles. The van der Waals surface area contributed by atoms with E-state index in [0.29, 0.717) is 17.1 Å². The number of ether oxygens (including phenoxy) is 1. The largest absolute Gasteiger partial charge is 0.495 e. The van der Waals surface area contributed by atoms with Crippen LogP contribution >= 0.6 is 0 Å². The normalized spacial score (nSPS) is 11.4. The number of hydrogen-bond acceptors (Lipinski definition) is 5. The third kappa shape index (κ3) is 4.13. The van der Waals surface area contributed by atoms with Gasteiger partial charge in [0.05, 0.1) is 18.0 Å². The number of amides is 1. The third-order valence-electron chi connectivity index (χ3n) is 2.56. The van der Waals surface area contributed by atoms with E-state index in [1.54, 1.807) is 12.1 Å². The van der Waals surface area contributed by atoms with Gasteiger partial charge in [0.1, 0.15) is 11.5 Å². The van der Waals surface area contributed by atoms with Crippen LogP contribution in [0.5, 0.6) is 5.75 Å². The summed E-state index contributed by atoms with van der Waals surface area (Å²) in [7, 11) is -1.92. The predicted molar refractivity (Wildman–Crippen MR) is 75.0 cm³/mol. The lowest BCUT2D eigenvalue weighted by Crippen LogP contribution is -2.27. The maximum atomic E-state index is 11.6. The highest BCUT2D eigenvalue weighted by molar-refractivity contribution is 7.92. The summed E-state index contributed by atoms with van der Waals surface area (Å²) in [5, 5.41) is 1.91. The van der Waals surface area contributed by atoms with Crippen molar-refractivity contribution in [1.82, 2.24) is 0 Å². The molecule has 1 rings (SSSR count). The zero-order valence-corrected chi connectivity index (χ0v) is 12.0. The van der Waals surface area contributed by atoms with Crippen LogP contribution in [0.1, 0.15) is 13.8 Å². The average molecular weight is 286 g/mol. The van der Waals surface area contributed by atoms with Crippen LogP contribution < -0.4 is 15.8 Å². The molecule has 0 saturated carbocycles. The maximum Gasteiger partial charge on any atom is 0.239 e. The molecule has 7 heteroatoms. The Morgan fingerprint density at radius 2 is 2.05 bits per heavy atom. The second kappa shape index (κ2) is 5.92. The first-order valence-electron chi connectivity index (χ1n) is 5.71. The van der Waals surface area contributed by atoms with Gasteiger partial charge >= 0.3 is 0 Å². The molecule has 0 bridgehead atoms. The molecule has 0 aliphatic heterocycles. The number of carbonyl (C=O) groups is 1. The van der Waals surface area contributed by atoms with Gasteiger partial charge in [-0.1, -0.05) is 0 Å². The Morgan fingerprint density at radius 3 is 2.53 bits per heavy atom. The van der Waals surface area contributed by atoms with Crippen molar-refractivity contribution in [3.8, 4) is 5.75 Å². The number of nitrogen functional groups attached to an aromatic ring is 1. The Kier molecular flexibility index (Phi) is 4.77. The molecule has 3 N–H and O–H groups in total. The molecule has 106 valence electrons. The summed E-state index contributed by atoms with van der Waals surface area (Å²) in [5.74, 6) is -0.637. The molecule has 0 aromatic heterocycles. The van der Waals surface area contributed by atoms with Gasteiger partial charge in [-0.15, -0.1) is 0 Å². The molecule has 19 heavy (non-hydrogen) atoms. The van der Waals surface area contributed by atoms with Gasteiger partial charge in [-0.2, -0.15) is 0 Å². The zero-order valence-electron chi connectivity index (χ0n) is 11.1. The van der Waals surface area contributed by atoms with Gasteiger partial charge in [-0.25, -0.2) is 8.42 Å². The van der Waals surface area contributed by atoms with Crippen molar-refractivity contribution >= 4 is 27.1 Å². The molecule has 0 spiro atoms. The number of hydrogen-bond donors (Lipinski definition) is 2. The summed E-state index contributed by atoms with van der Waals surface area (Å²) < 4.78 is 28.2. The average Bonchev–Trinajstić information content (AvgIpc) is 2.28. The number of carbonyl (C=O) groups excluding carboxylic acids is 1. The van der Waals surface area contributed by atoms with Gasteiger partial charge in [0.25, 0.3) is 0 Å². The smallest absolute Gasteiger partial charge is 0.239 e. The number of benzene rings is 1. The Morgan fingerprint density at radius 1 is 1.42 bits per heavy atom. The molecule has 0 unspecified atom stereocenters. The number of nitrogens with two attached hydrogens (primary N) is 1. The van der Waals surface area contributed by atoms with E-state index in [2.05, 4.69) is 5.32 Å². The standard InChI is InChI=1S/C12H18N2O4S/c1-8(2)19(16,17)7-12(15)14-9-4-5-11(18-3)10(13)6-9/h4-6,8H,7,13H2,1-3H3,(H,14,15). The van der Waals surface area contributed by atoms with Crippen LogP contribution in [0.2, 0.25) is 0 Å². The van der Waals surface area contributed by atoms with Crippen molar-refractivity contribution in [2.75, 3.05) is 23.9 Å². The van der Waals surface area contributed by atoms with Crippen molar-refractivity contribution in [2.45, 2.75) is 19.1 Å². The molecule has 0 radical (unpaired) electrons. The fraction of sp³-hybridized carbons (Fsp3) is 0.417. The van der Waals surface area contributed by atoms with E-state index >= 15 is 0 Å². The first-order chi connectivity index (χ1) is 8.76. The maximum absolute atomic E-state index is 11.6. The Balaban J connectivity index is 2.76. The van der Waals surface area contributed by atoms with Gasteiger partial charge in [0.2, 0.25) is 5.91 Å². The Labute approximate surface area is 112 Å². The molecule has 0 heterocycles. The third-order valence-corrected chi connectivity index (χ3v) is 4.66. The number of anilines is 2. The van der Waals surface area contributed by atoms with Gasteiger partial charge in [0, 0.05) is 5.69 Å². The molecule has 1 aromatic rings. The van der Waals surface area contributed by atoms with Gasteiger partial charge in [-0.05, 0) is 32.0 Å². The molecular weight excluding hydrogens is 268 g/mol. The fourth-order valence-corrected chi connectivity index (χ4v) is 2.13. The van der Waals surface area contributed by atoms with E-state index in [1.807, 2.05) is 0 Å². The Hall–Kier alpha value is -1.76. The van der Waals surface area contributed by atoms with Gasteiger partial charge in [0.15, 0.2) is 9.84 Å². The van der Waals surface area contributed by atoms with Crippen molar-refractivity contribution in [1.29, 1.82) is 0 Å². The SMILES string of the molecule is COc1ccc(NC(=O)CS(=O)(=O)C(C)C)cc1N. The van der Waals surface area contributed by atoms with E-state index in [0.717, 1.165) is 0 Å². The molecule has 6 nitrogen and oxygen atoms in total.